The first kappa shape index (κ1) is 25.0. The van der Waals surface area contributed by atoms with Crippen LogP contribution in [0.25, 0.3) is 10.2 Å². The van der Waals surface area contributed by atoms with Gasteiger partial charge in [-0.25, -0.2) is 0 Å². The van der Waals surface area contributed by atoms with Crippen LogP contribution < -0.4 is 15.5 Å². The van der Waals surface area contributed by atoms with E-state index in [9.17, 15) is 9.59 Å². The first-order valence-electron chi connectivity index (χ1n) is 12.7. The number of benzene rings is 2. The summed E-state index contributed by atoms with van der Waals surface area (Å²) in [7, 11) is 2.13. The molecular weight excluding hydrogens is 484 g/mol. The van der Waals surface area contributed by atoms with Crippen molar-refractivity contribution in [1.29, 1.82) is 0 Å². The van der Waals surface area contributed by atoms with Crippen LogP contribution in [0.15, 0.2) is 48.5 Å². The molecule has 1 fully saturated rings. The molecule has 0 atom stereocenters. The van der Waals surface area contributed by atoms with E-state index in [2.05, 4.69) is 51.5 Å². The zero-order valence-corrected chi connectivity index (χ0v) is 22.2. The van der Waals surface area contributed by atoms with Crippen LogP contribution in [0.4, 0.5) is 17.2 Å². The van der Waals surface area contributed by atoms with Gasteiger partial charge in [0.2, 0.25) is 0 Å². The lowest BCUT2D eigenvalue weighted by Gasteiger charge is -2.34. The smallest absolute Gasteiger partial charge is 0.265 e. The zero-order chi connectivity index (χ0) is 25.9. The molecule has 192 valence electrons. The predicted octanol–water partition coefficient (Wildman–Crippen LogP) is 5.01. The Balaban J connectivity index is 1.29. The molecule has 0 saturated carbocycles. The number of amides is 2. The van der Waals surface area contributed by atoms with Crippen LogP contribution in [-0.2, 0) is 12.8 Å². The van der Waals surface area contributed by atoms with Crippen molar-refractivity contribution in [2.75, 3.05) is 48.8 Å². The monoisotopic (exact) mass is 516 g/mol. The molecule has 2 amide bonds. The molecule has 0 bridgehead atoms. The molecule has 4 aromatic rings. The van der Waals surface area contributed by atoms with Crippen LogP contribution in [0.3, 0.4) is 0 Å². The number of carbonyl (C=O) groups excluding carboxylic acids is 2. The van der Waals surface area contributed by atoms with Crippen LogP contribution >= 0.6 is 11.3 Å². The topological polar surface area (TPSA) is 93.4 Å². The molecule has 0 radical (unpaired) electrons. The fraction of sp³-hybridized carbons (Fsp3) is 0.321. The molecule has 1 saturated heterocycles. The number of hydrogen-bond donors (Lipinski definition) is 3. The lowest BCUT2D eigenvalue weighted by Crippen LogP contribution is -2.44. The van der Waals surface area contributed by atoms with Gasteiger partial charge in [0.25, 0.3) is 11.8 Å². The van der Waals surface area contributed by atoms with Gasteiger partial charge in [0.1, 0.15) is 0 Å². The number of hydrogen-bond acceptors (Lipinski definition) is 6. The van der Waals surface area contributed by atoms with E-state index in [1.165, 1.54) is 11.3 Å². The van der Waals surface area contributed by atoms with Crippen LogP contribution in [0.1, 0.15) is 45.0 Å². The number of carbonyl (C=O) groups is 2. The van der Waals surface area contributed by atoms with E-state index in [1.54, 1.807) is 6.07 Å². The quantitative estimate of drug-likeness (QED) is 0.321. The number of fused-ring (bicyclic) bond motifs is 1. The molecule has 0 unspecified atom stereocenters. The van der Waals surface area contributed by atoms with Gasteiger partial charge in [-0.05, 0) is 61.3 Å². The van der Waals surface area contributed by atoms with Crippen molar-refractivity contribution < 1.29 is 9.59 Å². The van der Waals surface area contributed by atoms with E-state index < -0.39 is 0 Å². The molecule has 8 nitrogen and oxygen atoms in total. The Labute approximate surface area is 220 Å². The Morgan fingerprint density at radius 3 is 2.27 bits per heavy atom. The Morgan fingerprint density at radius 1 is 0.946 bits per heavy atom. The van der Waals surface area contributed by atoms with E-state index in [0.29, 0.717) is 16.3 Å². The summed E-state index contributed by atoms with van der Waals surface area (Å²) in [4.78, 5) is 31.3. The molecule has 1 aliphatic rings. The number of likely N-dealkylation sites (N-methyl/N-ethyl adjacent to an activating group) is 1. The zero-order valence-electron chi connectivity index (χ0n) is 21.4. The molecule has 0 aliphatic carbocycles. The highest BCUT2D eigenvalue weighted by Crippen LogP contribution is 2.32. The number of rotatable bonds is 7. The van der Waals surface area contributed by atoms with Crippen molar-refractivity contribution in [3.05, 3.63) is 70.1 Å². The molecule has 2 aromatic carbocycles. The number of H-pyrrole nitrogens is 1. The van der Waals surface area contributed by atoms with Crippen LogP contribution in [0.2, 0.25) is 0 Å². The van der Waals surface area contributed by atoms with Crippen molar-refractivity contribution in [2.24, 2.45) is 0 Å². The number of piperazine rings is 1. The fourth-order valence-corrected chi connectivity index (χ4v) is 5.61. The van der Waals surface area contributed by atoms with Gasteiger partial charge in [0, 0.05) is 43.1 Å². The highest BCUT2D eigenvalue weighted by molar-refractivity contribution is 7.21. The molecule has 5 rings (SSSR count). The third kappa shape index (κ3) is 5.23. The van der Waals surface area contributed by atoms with Gasteiger partial charge in [-0.3, -0.25) is 14.7 Å². The highest BCUT2D eigenvalue weighted by atomic mass is 32.1. The normalized spacial score (nSPS) is 14.2. The number of thiophene rings is 1. The molecular formula is C28H32N6O2S. The molecule has 0 spiro atoms. The Morgan fingerprint density at radius 2 is 1.62 bits per heavy atom. The van der Waals surface area contributed by atoms with Crippen molar-refractivity contribution in [2.45, 2.75) is 26.7 Å². The highest BCUT2D eigenvalue weighted by Gasteiger charge is 2.19. The number of para-hydroxylation sites is 1. The summed E-state index contributed by atoms with van der Waals surface area (Å²) in [6, 6.07) is 15.6. The second-order valence-corrected chi connectivity index (χ2v) is 10.4. The first-order valence-corrected chi connectivity index (χ1v) is 13.5. The van der Waals surface area contributed by atoms with Crippen molar-refractivity contribution in [3.63, 3.8) is 0 Å². The van der Waals surface area contributed by atoms with Crippen molar-refractivity contribution >= 4 is 50.6 Å². The summed E-state index contributed by atoms with van der Waals surface area (Å²) in [5.41, 5.74) is 5.52. The predicted molar refractivity (Wildman–Crippen MR) is 151 cm³/mol. The standard InChI is InChI=1S/C28H32N6O2S/c1-4-18-7-6-8-19(5-2)24(18)29-28(36)23-17-22-25(37-23)26(32-31-22)30-27(35)20-9-11-21(12-10-20)34-15-13-33(3)14-16-34/h6-12,17H,4-5,13-16H2,1-3H3,(H,29,36)(H2,30,31,32,35). The summed E-state index contributed by atoms with van der Waals surface area (Å²) in [6.07, 6.45) is 1.68. The van der Waals surface area contributed by atoms with Crippen molar-refractivity contribution in [1.82, 2.24) is 15.1 Å². The van der Waals surface area contributed by atoms with E-state index in [0.717, 1.165) is 71.7 Å². The average molecular weight is 517 g/mol. The summed E-state index contributed by atoms with van der Waals surface area (Å²) >= 11 is 1.31. The average Bonchev–Trinajstić information content (AvgIpc) is 3.51. The van der Waals surface area contributed by atoms with Crippen LogP contribution in [-0.4, -0.2) is 60.1 Å². The maximum Gasteiger partial charge on any atom is 0.265 e. The number of nitrogens with one attached hydrogen (secondary N) is 3. The minimum Gasteiger partial charge on any atom is -0.369 e. The molecule has 3 N–H and O–H groups in total. The second-order valence-electron chi connectivity index (χ2n) is 9.33. The van der Waals surface area contributed by atoms with E-state index in [-0.39, 0.29) is 11.8 Å². The molecule has 37 heavy (non-hydrogen) atoms. The second kappa shape index (κ2) is 10.7. The summed E-state index contributed by atoms with van der Waals surface area (Å²) in [5, 5.41) is 13.2. The van der Waals surface area contributed by atoms with Crippen molar-refractivity contribution in [3.8, 4) is 0 Å². The molecule has 3 heterocycles. The van der Waals surface area contributed by atoms with Crippen LogP contribution in [0.5, 0.6) is 0 Å². The maximum atomic E-state index is 13.1. The number of aromatic amines is 1. The van der Waals surface area contributed by atoms with Gasteiger partial charge in [-0.1, -0.05) is 32.0 Å². The van der Waals surface area contributed by atoms with Gasteiger partial charge < -0.3 is 20.4 Å². The largest absolute Gasteiger partial charge is 0.369 e. The number of nitrogens with zero attached hydrogens (tertiary/aromatic N) is 3. The lowest BCUT2D eigenvalue weighted by molar-refractivity contribution is 0.102. The SMILES string of the molecule is CCc1cccc(CC)c1NC(=O)c1cc2[nH]nc(NC(=O)c3ccc(N4CCN(C)CC4)cc3)c2s1. The summed E-state index contributed by atoms with van der Waals surface area (Å²) < 4.78 is 0.743. The number of aromatic nitrogens is 2. The fourth-order valence-electron chi connectivity index (χ4n) is 4.66. The third-order valence-corrected chi connectivity index (χ3v) is 8.07. The minimum atomic E-state index is -0.234. The Bertz CT molecular complexity index is 1390. The van der Waals surface area contributed by atoms with E-state index in [4.69, 9.17) is 0 Å². The molecule has 9 heteroatoms. The van der Waals surface area contributed by atoms with E-state index in [1.807, 2.05) is 42.5 Å². The van der Waals surface area contributed by atoms with Crippen LogP contribution in [0, 0.1) is 0 Å². The minimum absolute atomic E-state index is 0.165. The molecule has 1 aliphatic heterocycles. The Hall–Kier alpha value is -3.69. The number of anilines is 3. The number of aryl methyl sites for hydroxylation is 2. The van der Waals surface area contributed by atoms with Gasteiger partial charge in [0.15, 0.2) is 5.82 Å². The first-order chi connectivity index (χ1) is 18.0. The lowest BCUT2D eigenvalue weighted by atomic mass is 10.0. The van der Waals surface area contributed by atoms with E-state index >= 15 is 0 Å². The maximum absolute atomic E-state index is 13.1. The Kier molecular flexibility index (Phi) is 7.25. The van der Waals surface area contributed by atoms with Gasteiger partial charge >= 0.3 is 0 Å². The summed E-state index contributed by atoms with van der Waals surface area (Å²) in [5.74, 6) is 0.0274. The third-order valence-electron chi connectivity index (χ3n) is 6.93. The molecule has 2 aromatic heterocycles. The van der Waals surface area contributed by atoms with Gasteiger partial charge in [-0.15, -0.1) is 11.3 Å². The van der Waals surface area contributed by atoms with Gasteiger partial charge in [-0.2, -0.15) is 5.10 Å². The van der Waals surface area contributed by atoms with Gasteiger partial charge in [0.05, 0.1) is 15.1 Å². The summed E-state index contributed by atoms with van der Waals surface area (Å²) in [6.45, 7) is 8.18.